The van der Waals surface area contributed by atoms with E-state index in [0.29, 0.717) is 0 Å². The number of carbonyl (C=O) groups is 1. The monoisotopic (exact) mass is 340 g/mol. The van der Waals surface area contributed by atoms with E-state index in [0.717, 1.165) is 22.5 Å². The minimum Gasteiger partial charge on any atom is -0.322 e. The number of anilines is 1. The number of benzene rings is 2. The summed E-state index contributed by atoms with van der Waals surface area (Å²) in [7, 11) is -0.942. The van der Waals surface area contributed by atoms with Crippen molar-refractivity contribution >= 4 is 21.6 Å². The Morgan fingerprint density at radius 1 is 1.04 bits per heavy atom. The predicted octanol–water partition coefficient (Wildman–Crippen LogP) is 2.47. The van der Waals surface area contributed by atoms with Crippen molar-refractivity contribution in [3.05, 3.63) is 59.7 Å². The molecule has 0 saturated heterocycles. The molecule has 2 rings (SSSR count). The van der Waals surface area contributed by atoms with Crippen LogP contribution in [-0.2, 0) is 10.0 Å². The summed E-state index contributed by atoms with van der Waals surface area (Å²) >= 11 is 0. The van der Waals surface area contributed by atoms with E-state index >= 15 is 0 Å². The van der Waals surface area contributed by atoms with Gasteiger partial charge in [-0.2, -0.15) is 0 Å². The zero-order valence-corrected chi connectivity index (χ0v) is 13.2. The second kappa shape index (κ2) is 6.43. The van der Waals surface area contributed by atoms with E-state index in [9.17, 15) is 22.0 Å². The van der Waals surface area contributed by atoms with Gasteiger partial charge in [0.1, 0.15) is 17.2 Å². The molecule has 0 spiro atoms. The van der Waals surface area contributed by atoms with E-state index < -0.39 is 33.1 Å². The third kappa shape index (κ3) is 3.54. The Hall–Kier alpha value is -2.32. The maximum atomic E-state index is 13.6. The molecule has 0 atom stereocenters. The van der Waals surface area contributed by atoms with E-state index in [1.165, 1.54) is 38.4 Å². The number of sulfonamides is 1. The minimum atomic E-state index is -3.68. The highest BCUT2D eigenvalue weighted by molar-refractivity contribution is 7.89. The van der Waals surface area contributed by atoms with Crippen LogP contribution in [0, 0.1) is 11.6 Å². The van der Waals surface area contributed by atoms with Crippen molar-refractivity contribution in [3.63, 3.8) is 0 Å². The van der Waals surface area contributed by atoms with E-state index in [-0.39, 0.29) is 10.6 Å². The van der Waals surface area contributed by atoms with Gasteiger partial charge in [0.05, 0.1) is 4.90 Å². The highest BCUT2D eigenvalue weighted by Crippen LogP contribution is 2.20. The smallest absolute Gasteiger partial charge is 0.261 e. The lowest BCUT2D eigenvalue weighted by atomic mass is 10.2. The lowest BCUT2D eigenvalue weighted by molar-refractivity contribution is 0.101. The van der Waals surface area contributed by atoms with Gasteiger partial charge in [-0.05, 0) is 30.3 Å². The quantitative estimate of drug-likeness (QED) is 0.930. The number of rotatable bonds is 4. The summed E-state index contributed by atoms with van der Waals surface area (Å²) in [6.45, 7) is 0. The second-order valence-corrected chi connectivity index (χ2v) is 7.02. The van der Waals surface area contributed by atoms with Crippen molar-refractivity contribution in [3.8, 4) is 0 Å². The zero-order valence-electron chi connectivity index (χ0n) is 12.4. The first-order chi connectivity index (χ1) is 10.7. The fourth-order valence-corrected chi connectivity index (χ4v) is 2.80. The second-order valence-electron chi connectivity index (χ2n) is 4.87. The van der Waals surface area contributed by atoms with Crippen LogP contribution in [0.2, 0.25) is 0 Å². The molecule has 1 amide bonds. The summed E-state index contributed by atoms with van der Waals surface area (Å²) in [5.41, 5.74) is -0.617. The van der Waals surface area contributed by atoms with E-state index in [4.69, 9.17) is 0 Å². The average Bonchev–Trinajstić information content (AvgIpc) is 2.47. The van der Waals surface area contributed by atoms with Gasteiger partial charge in [-0.1, -0.05) is 12.1 Å². The number of hydrogen-bond acceptors (Lipinski definition) is 3. The Bertz CT molecular complexity index is 831. The van der Waals surface area contributed by atoms with Crippen LogP contribution < -0.4 is 5.32 Å². The Labute approximate surface area is 132 Å². The third-order valence-electron chi connectivity index (χ3n) is 3.06. The van der Waals surface area contributed by atoms with Gasteiger partial charge in [0.15, 0.2) is 0 Å². The third-order valence-corrected chi connectivity index (χ3v) is 4.87. The molecule has 0 saturated carbocycles. The number of nitrogens with one attached hydrogen (secondary N) is 1. The van der Waals surface area contributed by atoms with Gasteiger partial charge < -0.3 is 5.32 Å². The predicted molar refractivity (Wildman–Crippen MR) is 81.6 cm³/mol. The van der Waals surface area contributed by atoms with Gasteiger partial charge in [0.25, 0.3) is 5.91 Å². The highest BCUT2D eigenvalue weighted by atomic mass is 32.2. The average molecular weight is 340 g/mol. The summed E-state index contributed by atoms with van der Waals surface area (Å²) in [6.07, 6.45) is 0. The van der Waals surface area contributed by atoms with Gasteiger partial charge in [0.2, 0.25) is 10.0 Å². The van der Waals surface area contributed by atoms with Crippen LogP contribution in [0.5, 0.6) is 0 Å². The topological polar surface area (TPSA) is 66.5 Å². The van der Waals surface area contributed by atoms with Gasteiger partial charge in [-0.15, -0.1) is 0 Å². The first-order valence-corrected chi connectivity index (χ1v) is 7.95. The molecule has 5 nitrogen and oxygen atoms in total. The number of halogens is 2. The van der Waals surface area contributed by atoms with Crippen molar-refractivity contribution < 1.29 is 22.0 Å². The molecule has 122 valence electrons. The largest absolute Gasteiger partial charge is 0.322 e. The molecular weight excluding hydrogens is 326 g/mol. The lowest BCUT2D eigenvalue weighted by Gasteiger charge is -2.13. The summed E-state index contributed by atoms with van der Waals surface area (Å²) in [5.74, 6) is -3.00. The summed E-state index contributed by atoms with van der Waals surface area (Å²) in [5, 5.41) is 2.29. The fraction of sp³-hybridized carbons (Fsp3) is 0.133. The molecule has 0 radical (unpaired) electrons. The Balaban J connectivity index is 2.33. The minimum absolute atomic E-state index is 0.0469. The van der Waals surface area contributed by atoms with Crippen LogP contribution in [-0.4, -0.2) is 32.7 Å². The van der Waals surface area contributed by atoms with Crippen LogP contribution in [0.25, 0.3) is 0 Å². The van der Waals surface area contributed by atoms with E-state index in [2.05, 4.69) is 5.32 Å². The first kappa shape index (κ1) is 17.0. The molecule has 8 heteroatoms. The van der Waals surface area contributed by atoms with Gasteiger partial charge in [-0.3, -0.25) is 4.79 Å². The Kier molecular flexibility index (Phi) is 4.76. The number of nitrogens with zero attached hydrogens (tertiary/aromatic N) is 1. The molecule has 0 unspecified atom stereocenters. The highest BCUT2D eigenvalue weighted by Gasteiger charge is 2.20. The van der Waals surface area contributed by atoms with E-state index in [1.54, 1.807) is 0 Å². The van der Waals surface area contributed by atoms with Crippen LogP contribution in [0.15, 0.2) is 47.4 Å². The van der Waals surface area contributed by atoms with Crippen molar-refractivity contribution in [2.24, 2.45) is 0 Å². The lowest BCUT2D eigenvalue weighted by Crippen LogP contribution is -2.22. The molecule has 0 heterocycles. The molecule has 2 aromatic carbocycles. The van der Waals surface area contributed by atoms with Gasteiger partial charge in [-0.25, -0.2) is 21.5 Å². The number of amides is 1. The maximum absolute atomic E-state index is 13.6. The Morgan fingerprint density at radius 2 is 1.61 bits per heavy atom. The maximum Gasteiger partial charge on any atom is 0.261 e. The SMILES string of the molecule is CN(C)S(=O)(=O)c1cccc(NC(=O)c2c(F)cccc2F)c1. The van der Waals surface area contributed by atoms with Crippen molar-refractivity contribution in [2.75, 3.05) is 19.4 Å². The van der Waals surface area contributed by atoms with Crippen molar-refractivity contribution in [1.29, 1.82) is 0 Å². The number of hydrogen-bond donors (Lipinski definition) is 1. The van der Waals surface area contributed by atoms with E-state index in [1.807, 2.05) is 0 Å². The van der Waals surface area contributed by atoms with Crippen LogP contribution in [0.3, 0.4) is 0 Å². The summed E-state index contributed by atoms with van der Waals surface area (Å²) in [4.78, 5) is 12.0. The van der Waals surface area contributed by atoms with Crippen molar-refractivity contribution in [1.82, 2.24) is 4.31 Å². The number of carbonyl (C=O) groups excluding carboxylic acids is 1. The Morgan fingerprint density at radius 3 is 2.17 bits per heavy atom. The standard InChI is InChI=1S/C15H14F2N2O3S/c1-19(2)23(21,22)11-6-3-5-10(9-11)18-15(20)14-12(16)7-4-8-13(14)17/h3-9H,1-2H3,(H,18,20). The van der Waals surface area contributed by atoms with Gasteiger partial charge >= 0.3 is 0 Å². The molecule has 0 aliphatic heterocycles. The molecule has 23 heavy (non-hydrogen) atoms. The van der Waals surface area contributed by atoms with Crippen molar-refractivity contribution in [2.45, 2.75) is 4.90 Å². The molecule has 0 aliphatic rings. The molecule has 0 bridgehead atoms. The van der Waals surface area contributed by atoms with Crippen LogP contribution in [0.1, 0.15) is 10.4 Å². The summed E-state index contributed by atoms with van der Waals surface area (Å²) in [6, 6.07) is 8.48. The molecular formula is C15H14F2N2O3S. The fourth-order valence-electron chi connectivity index (χ4n) is 1.85. The molecule has 1 N–H and O–H groups in total. The molecule has 0 aromatic heterocycles. The molecule has 2 aromatic rings. The summed E-state index contributed by atoms with van der Waals surface area (Å²) < 4.78 is 52.3. The van der Waals surface area contributed by atoms with Gasteiger partial charge in [0, 0.05) is 19.8 Å². The zero-order chi connectivity index (χ0) is 17.2. The van der Waals surface area contributed by atoms with Crippen LogP contribution >= 0.6 is 0 Å². The normalized spacial score (nSPS) is 11.5. The first-order valence-electron chi connectivity index (χ1n) is 6.51. The molecule has 0 aliphatic carbocycles. The molecule has 0 fully saturated rings. The van der Waals surface area contributed by atoms with Crippen LogP contribution in [0.4, 0.5) is 14.5 Å².